The van der Waals surface area contributed by atoms with E-state index in [-0.39, 0.29) is 18.7 Å². The van der Waals surface area contributed by atoms with Crippen molar-refractivity contribution < 1.29 is 27.9 Å². The van der Waals surface area contributed by atoms with Crippen LogP contribution >= 0.6 is 0 Å². The van der Waals surface area contributed by atoms with Crippen LogP contribution in [-0.2, 0) is 26.3 Å². The molecule has 0 fully saturated rings. The van der Waals surface area contributed by atoms with Crippen molar-refractivity contribution in [2.75, 3.05) is 0 Å². The molecule has 0 aliphatic carbocycles. The van der Waals surface area contributed by atoms with E-state index in [1.807, 2.05) is 0 Å². The predicted molar refractivity (Wildman–Crippen MR) is 102 cm³/mol. The van der Waals surface area contributed by atoms with Crippen LogP contribution in [0.2, 0.25) is 0 Å². The molecule has 156 valence electrons. The molecule has 0 atom stereocenters. The molecule has 1 amide bonds. The number of carbonyl (C=O) groups excluding carboxylic acids is 1. The minimum atomic E-state index is -4.77. The van der Waals surface area contributed by atoms with Gasteiger partial charge in [0.2, 0.25) is 0 Å². The molecule has 0 bridgehead atoms. The Morgan fingerprint density at radius 2 is 1.57 bits per heavy atom. The lowest BCUT2D eigenvalue weighted by atomic mass is 10.1. The lowest BCUT2D eigenvalue weighted by Gasteiger charge is -2.23. The maximum absolute atomic E-state index is 13.4. The number of hydrogen-bond donors (Lipinski definition) is 1. The number of aromatic carboxylic acids is 1. The summed E-state index contributed by atoms with van der Waals surface area (Å²) in [6, 6.07) is 14.7. The number of alkyl halides is 3. The summed E-state index contributed by atoms with van der Waals surface area (Å²) in [5.41, 5.74) is -0.379. The topological polar surface area (TPSA) is 75.4 Å². The van der Waals surface area contributed by atoms with Gasteiger partial charge in [-0.3, -0.25) is 9.48 Å². The maximum atomic E-state index is 13.4. The summed E-state index contributed by atoms with van der Waals surface area (Å²) in [5, 5.41) is 12.4. The molecule has 1 aromatic heterocycles. The number of aryl methyl sites for hydroxylation is 1. The summed E-state index contributed by atoms with van der Waals surface area (Å²) in [5.74, 6) is -1.91. The molecule has 0 unspecified atom stereocenters. The Balaban J connectivity index is 1.95. The average molecular weight is 417 g/mol. The van der Waals surface area contributed by atoms with Crippen LogP contribution in [0, 0.1) is 0 Å². The van der Waals surface area contributed by atoms with Gasteiger partial charge in [0.1, 0.15) is 0 Å². The second-order valence-corrected chi connectivity index (χ2v) is 6.71. The molecule has 0 saturated heterocycles. The third-order valence-electron chi connectivity index (χ3n) is 4.41. The molecule has 0 aliphatic rings. The SMILES string of the molecule is Cn1cc(C(=O)N(Cc2ccccc2)Cc2ccc(C(=O)O)cc2)c(C(F)(F)F)n1. The van der Waals surface area contributed by atoms with Crippen molar-refractivity contribution >= 4 is 11.9 Å². The fourth-order valence-corrected chi connectivity index (χ4v) is 3.00. The number of rotatable bonds is 6. The quantitative estimate of drug-likeness (QED) is 0.658. The van der Waals surface area contributed by atoms with Gasteiger partial charge in [-0.05, 0) is 23.3 Å². The third kappa shape index (κ3) is 4.86. The Labute approximate surface area is 170 Å². The van der Waals surface area contributed by atoms with E-state index in [0.29, 0.717) is 5.56 Å². The van der Waals surface area contributed by atoms with Crippen LogP contribution in [0.15, 0.2) is 60.8 Å². The van der Waals surface area contributed by atoms with Crippen molar-refractivity contribution in [3.05, 3.63) is 88.7 Å². The van der Waals surface area contributed by atoms with Crippen molar-refractivity contribution in [3.63, 3.8) is 0 Å². The van der Waals surface area contributed by atoms with E-state index < -0.39 is 29.3 Å². The first-order chi connectivity index (χ1) is 14.1. The molecule has 0 radical (unpaired) electrons. The first-order valence-electron chi connectivity index (χ1n) is 8.91. The number of nitrogens with zero attached hydrogens (tertiary/aromatic N) is 3. The minimum absolute atomic E-state index is 0.000180. The van der Waals surface area contributed by atoms with E-state index in [9.17, 15) is 22.8 Å². The highest BCUT2D eigenvalue weighted by Gasteiger charge is 2.40. The van der Waals surface area contributed by atoms with Crippen LogP contribution in [0.5, 0.6) is 0 Å². The Kier molecular flexibility index (Phi) is 5.91. The number of aromatic nitrogens is 2. The van der Waals surface area contributed by atoms with Crippen LogP contribution < -0.4 is 0 Å². The largest absolute Gasteiger partial charge is 0.478 e. The van der Waals surface area contributed by atoms with E-state index in [1.165, 1.54) is 36.2 Å². The van der Waals surface area contributed by atoms with Gasteiger partial charge in [-0.25, -0.2) is 4.79 Å². The fourth-order valence-electron chi connectivity index (χ4n) is 3.00. The lowest BCUT2D eigenvalue weighted by Crippen LogP contribution is -2.31. The Morgan fingerprint density at radius 3 is 2.10 bits per heavy atom. The molecule has 0 aliphatic heterocycles. The molecule has 3 aromatic rings. The van der Waals surface area contributed by atoms with Gasteiger partial charge in [0.05, 0.1) is 11.1 Å². The standard InChI is InChI=1S/C21H18F3N3O3/c1-26-13-17(18(25-26)21(22,23)24)19(28)27(11-14-5-3-2-4-6-14)12-15-7-9-16(10-8-15)20(29)30/h2-10,13H,11-12H2,1H3,(H,29,30). The summed E-state index contributed by atoms with van der Waals surface area (Å²) in [6.45, 7) is 0.0758. The van der Waals surface area contributed by atoms with Gasteiger partial charge in [0, 0.05) is 26.3 Å². The van der Waals surface area contributed by atoms with Crippen LogP contribution in [0.4, 0.5) is 13.2 Å². The molecular weight excluding hydrogens is 399 g/mol. The predicted octanol–water partition coefficient (Wildman–Crippen LogP) is 3.98. The van der Waals surface area contributed by atoms with Gasteiger partial charge in [0.15, 0.2) is 5.69 Å². The monoisotopic (exact) mass is 417 g/mol. The molecule has 3 rings (SSSR count). The van der Waals surface area contributed by atoms with Crippen molar-refractivity contribution in [1.29, 1.82) is 0 Å². The Bertz CT molecular complexity index is 1040. The molecule has 1 N–H and O–H groups in total. The minimum Gasteiger partial charge on any atom is -0.478 e. The first kappa shape index (κ1) is 21.1. The van der Waals surface area contributed by atoms with Crippen molar-refractivity contribution in [3.8, 4) is 0 Å². The lowest BCUT2D eigenvalue weighted by molar-refractivity contribution is -0.141. The van der Waals surface area contributed by atoms with Gasteiger partial charge < -0.3 is 10.0 Å². The number of halogens is 3. The maximum Gasteiger partial charge on any atom is 0.435 e. The zero-order valence-corrected chi connectivity index (χ0v) is 15.9. The van der Waals surface area contributed by atoms with Gasteiger partial charge in [-0.1, -0.05) is 42.5 Å². The van der Waals surface area contributed by atoms with Crippen molar-refractivity contribution in [2.45, 2.75) is 19.3 Å². The second kappa shape index (κ2) is 8.40. The van der Waals surface area contributed by atoms with Crippen molar-refractivity contribution in [1.82, 2.24) is 14.7 Å². The molecule has 2 aromatic carbocycles. The van der Waals surface area contributed by atoms with E-state index in [2.05, 4.69) is 5.10 Å². The van der Waals surface area contributed by atoms with Crippen molar-refractivity contribution in [2.24, 2.45) is 7.05 Å². The first-order valence-corrected chi connectivity index (χ1v) is 8.91. The normalized spacial score (nSPS) is 11.3. The van der Waals surface area contributed by atoms with Crippen LogP contribution in [0.25, 0.3) is 0 Å². The summed E-state index contributed by atoms with van der Waals surface area (Å²) in [6.07, 6.45) is -3.72. The van der Waals surface area contributed by atoms with Gasteiger partial charge >= 0.3 is 12.1 Å². The number of hydrogen-bond acceptors (Lipinski definition) is 3. The summed E-state index contributed by atoms with van der Waals surface area (Å²) in [4.78, 5) is 25.4. The highest BCUT2D eigenvalue weighted by Crippen LogP contribution is 2.31. The van der Waals surface area contributed by atoms with Gasteiger partial charge in [-0.2, -0.15) is 18.3 Å². The van der Waals surface area contributed by atoms with Crippen LogP contribution in [-0.4, -0.2) is 31.7 Å². The highest BCUT2D eigenvalue weighted by molar-refractivity contribution is 5.95. The van der Waals surface area contributed by atoms with Crippen LogP contribution in [0.3, 0.4) is 0 Å². The summed E-state index contributed by atoms with van der Waals surface area (Å²) < 4.78 is 41.0. The van der Waals surface area contributed by atoms with Crippen LogP contribution in [0.1, 0.15) is 37.5 Å². The smallest absolute Gasteiger partial charge is 0.435 e. The zero-order valence-electron chi connectivity index (χ0n) is 15.9. The van der Waals surface area contributed by atoms with Gasteiger partial charge in [-0.15, -0.1) is 0 Å². The zero-order chi connectivity index (χ0) is 21.9. The number of carbonyl (C=O) groups is 2. The molecule has 1 heterocycles. The second-order valence-electron chi connectivity index (χ2n) is 6.71. The van der Waals surface area contributed by atoms with E-state index in [4.69, 9.17) is 5.11 Å². The van der Waals surface area contributed by atoms with E-state index in [1.54, 1.807) is 30.3 Å². The molecule has 0 saturated carbocycles. The summed E-state index contributed by atoms with van der Waals surface area (Å²) >= 11 is 0. The molecule has 9 heteroatoms. The molecule has 6 nitrogen and oxygen atoms in total. The average Bonchev–Trinajstić information content (AvgIpc) is 3.10. The molecule has 30 heavy (non-hydrogen) atoms. The van der Waals surface area contributed by atoms with Gasteiger partial charge in [0.25, 0.3) is 5.91 Å². The Morgan fingerprint density at radius 1 is 1.00 bits per heavy atom. The van der Waals surface area contributed by atoms with E-state index >= 15 is 0 Å². The number of benzene rings is 2. The molecular formula is C21H18F3N3O3. The molecule has 0 spiro atoms. The van der Waals surface area contributed by atoms with E-state index in [0.717, 1.165) is 16.4 Å². The summed E-state index contributed by atoms with van der Waals surface area (Å²) in [7, 11) is 1.32. The Hall–Kier alpha value is -3.62. The number of amides is 1. The highest BCUT2D eigenvalue weighted by atomic mass is 19.4. The number of carboxylic acid groups (broad SMARTS) is 1. The fraction of sp³-hybridized carbons (Fsp3) is 0.190. The number of carboxylic acids is 1. The third-order valence-corrected chi connectivity index (χ3v) is 4.41.